The van der Waals surface area contributed by atoms with Gasteiger partial charge < -0.3 is 5.32 Å². The highest BCUT2D eigenvalue weighted by Gasteiger charge is 2.07. The maximum atomic E-state index is 4.72. The number of aryl methyl sites for hydroxylation is 1. The molecule has 90 valence electrons. The Bertz CT molecular complexity index is 719. The van der Waals surface area contributed by atoms with Crippen LogP contribution in [0.4, 0.5) is 5.82 Å². The molecule has 2 aromatic heterocycles. The molecular weight excluding hydrogens is 222 g/mol. The largest absolute Gasteiger partial charge is 0.373 e. The number of hydrogen-bond donors (Lipinski definition) is 1. The van der Waals surface area contributed by atoms with E-state index in [0.29, 0.717) is 0 Å². The molecule has 0 saturated carbocycles. The molecule has 0 aliphatic heterocycles. The zero-order valence-corrected chi connectivity index (χ0v) is 10.6. The Hall–Kier alpha value is -2.16. The van der Waals surface area contributed by atoms with Crippen LogP contribution < -0.4 is 5.32 Å². The second-order valence-corrected chi connectivity index (χ2v) is 4.31. The van der Waals surface area contributed by atoms with Crippen LogP contribution in [0.2, 0.25) is 0 Å². The number of nitrogens with one attached hydrogen (secondary N) is 1. The minimum absolute atomic E-state index is 0.947. The van der Waals surface area contributed by atoms with Gasteiger partial charge in [-0.1, -0.05) is 25.1 Å². The first-order valence-corrected chi connectivity index (χ1v) is 6.18. The molecule has 0 bridgehead atoms. The van der Waals surface area contributed by atoms with Gasteiger partial charge >= 0.3 is 0 Å². The van der Waals surface area contributed by atoms with E-state index in [4.69, 9.17) is 4.98 Å². The van der Waals surface area contributed by atoms with Crippen molar-refractivity contribution in [3.8, 4) is 0 Å². The Morgan fingerprint density at radius 3 is 2.72 bits per heavy atom. The van der Waals surface area contributed by atoms with Gasteiger partial charge in [0.15, 0.2) is 0 Å². The average Bonchev–Trinajstić information content (AvgIpc) is 2.45. The summed E-state index contributed by atoms with van der Waals surface area (Å²) in [6.45, 7) is 2.14. The number of rotatable bonds is 2. The number of nitrogens with zero attached hydrogens (tertiary/aromatic N) is 2. The Morgan fingerprint density at radius 1 is 1.11 bits per heavy atom. The molecule has 3 heteroatoms. The van der Waals surface area contributed by atoms with E-state index < -0.39 is 0 Å². The molecule has 3 rings (SSSR count). The van der Waals surface area contributed by atoms with Gasteiger partial charge in [-0.05, 0) is 24.1 Å². The van der Waals surface area contributed by atoms with Crippen LogP contribution in [-0.2, 0) is 6.42 Å². The first kappa shape index (κ1) is 11.0. The standard InChI is InChI=1S/C15H15N3/c1-3-10-9-12-7-6-11-5-4-8-17-13(11)14(12)18-15(10)16-2/h4-9H,3H2,1-2H3,(H,16,18). The third-order valence-corrected chi connectivity index (χ3v) is 3.25. The van der Waals surface area contributed by atoms with Crippen molar-refractivity contribution in [1.29, 1.82) is 0 Å². The monoisotopic (exact) mass is 237 g/mol. The van der Waals surface area contributed by atoms with E-state index in [0.717, 1.165) is 34.0 Å². The molecular formula is C15H15N3. The van der Waals surface area contributed by atoms with Gasteiger partial charge in [-0.2, -0.15) is 0 Å². The lowest BCUT2D eigenvalue weighted by Gasteiger charge is -2.09. The molecule has 3 aromatic rings. The van der Waals surface area contributed by atoms with E-state index in [9.17, 15) is 0 Å². The summed E-state index contributed by atoms with van der Waals surface area (Å²) in [7, 11) is 1.91. The van der Waals surface area contributed by atoms with Gasteiger partial charge in [-0.25, -0.2) is 4.98 Å². The highest BCUT2D eigenvalue weighted by Crippen LogP contribution is 2.26. The van der Waals surface area contributed by atoms with Crippen molar-refractivity contribution in [3.05, 3.63) is 42.1 Å². The number of fused-ring (bicyclic) bond motifs is 3. The molecule has 0 aliphatic carbocycles. The molecule has 0 radical (unpaired) electrons. The van der Waals surface area contributed by atoms with Gasteiger partial charge in [0.05, 0.1) is 11.0 Å². The first-order chi connectivity index (χ1) is 8.83. The van der Waals surface area contributed by atoms with Gasteiger partial charge in [0.1, 0.15) is 5.82 Å². The lowest BCUT2D eigenvalue weighted by Crippen LogP contribution is -1.99. The van der Waals surface area contributed by atoms with Crippen molar-refractivity contribution in [2.45, 2.75) is 13.3 Å². The second-order valence-electron chi connectivity index (χ2n) is 4.31. The number of pyridine rings is 2. The van der Waals surface area contributed by atoms with E-state index in [1.165, 1.54) is 5.56 Å². The number of benzene rings is 1. The quantitative estimate of drug-likeness (QED) is 0.694. The number of aromatic nitrogens is 2. The van der Waals surface area contributed by atoms with Crippen LogP contribution >= 0.6 is 0 Å². The molecule has 0 saturated heterocycles. The van der Waals surface area contributed by atoms with Crippen LogP contribution in [0.5, 0.6) is 0 Å². The predicted octanol–water partition coefficient (Wildman–Crippen LogP) is 3.39. The lowest BCUT2D eigenvalue weighted by molar-refractivity contribution is 1.12. The molecule has 0 unspecified atom stereocenters. The van der Waals surface area contributed by atoms with Crippen molar-refractivity contribution in [1.82, 2.24) is 9.97 Å². The molecule has 0 fully saturated rings. The minimum Gasteiger partial charge on any atom is -0.373 e. The Balaban J connectivity index is 2.43. The fourth-order valence-corrected chi connectivity index (χ4v) is 2.30. The molecule has 3 nitrogen and oxygen atoms in total. The highest BCUT2D eigenvalue weighted by atomic mass is 15.0. The van der Waals surface area contributed by atoms with E-state index in [1.807, 2.05) is 19.3 Å². The third kappa shape index (κ3) is 1.59. The van der Waals surface area contributed by atoms with E-state index in [-0.39, 0.29) is 0 Å². The summed E-state index contributed by atoms with van der Waals surface area (Å²) in [6.07, 6.45) is 2.79. The summed E-state index contributed by atoms with van der Waals surface area (Å²) in [4.78, 5) is 9.17. The minimum atomic E-state index is 0.947. The van der Waals surface area contributed by atoms with Gasteiger partial charge in [-0.3, -0.25) is 4.98 Å². The summed E-state index contributed by atoms with van der Waals surface area (Å²) < 4.78 is 0. The fourth-order valence-electron chi connectivity index (χ4n) is 2.30. The molecule has 1 N–H and O–H groups in total. The summed E-state index contributed by atoms with van der Waals surface area (Å²) in [5.41, 5.74) is 3.17. The van der Waals surface area contributed by atoms with E-state index in [2.05, 4.69) is 41.5 Å². The molecule has 0 amide bonds. The zero-order chi connectivity index (χ0) is 12.5. The Kier molecular flexibility index (Phi) is 2.59. The summed E-state index contributed by atoms with van der Waals surface area (Å²) in [5, 5.41) is 5.44. The average molecular weight is 237 g/mol. The molecule has 0 aliphatic rings. The van der Waals surface area contributed by atoms with Crippen LogP contribution in [0.25, 0.3) is 21.8 Å². The van der Waals surface area contributed by atoms with Crippen LogP contribution in [0.15, 0.2) is 36.5 Å². The molecule has 0 spiro atoms. The lowest BCUT2D eigenvalue weighted by atomic mass is 10.1. The molecule has 2 heterocycles. The predicted molar refractivity (Wildman–Crippen MR) is 76.0 cm³/mol. The topological polar surface area (TPSA) is 37.8 Å². The van der Waals surface area contributed by atoms with Crippen molar-refractivity contribution in [2.24, 2.45) is 0 Å². The maximum absolute atomic E-state index is 4.72. The first-order valence-electron chi connectivity index (χ1n) is 6.18. The van der Waals surface area contributed by atoms with E-state index in [1.54, 1.807) is 0 Å². The summed E-state index contributed by atoms with van der Waals surface area (Å²) in [5.74, 6) is 0.947. The van der Waals surface area contributed by atoms with Crippen molar-refractivity contribution >= 4 is 27.6 Å². The molecule has 0 atom stereocenters. The smallest absolute Gasteiger partial charge is 0.129 e. The normalized spacial score (nSPS) is 11.0. The van der Waals surface area contributed by atoms with Gasteiger partial charge in [0.25, 0.3) is 0 Å². The molecule has 1 aromatic carbocycles. The second kappa shape index (κ2) is 4.26. The summed E-state index contributed by atoms with van der Waals surface area (Å²) >= 11 is 0. The van der Waals surface area contributed by atoms with Crippen molar-refractivity contribution < 1.29 is 0 Å². The number of anilines is 1. The zero-order valence-electron chi connectivity index (χ0n) is 10.6. The Labute approximate surface area is 106 Å². The van der Waals surface area contributed by atoms with E-state index >= 15 is 0 Å². The van der Waals surface area contributed by atoms with Gasteiger partial charge in [0.2, 0.25) is 0 Å². The maximum Gasteiger partial charge on any atom is 0.129 e. The molecule has 18 heavy (non-hydrogen) atoms. The van der Waals surface area contributed by atoms with Crippen molar-refractivity contribution in [2.75, 3.05) is 12.4 Å². The third-order valence-electron chi connectivity index (χ3n) is 3.25. The van der Waals surface area contributed by atoms with Crippen LogP contribution in [0, 0.1) is 0 Å². The summed E-state index contributed by atoms with van der Waals surface area (Å²) in [6, 6.07) is 10.4. The van der Waals surface area contributed by atoms with Crippen LogP contribution in [0.3, 0.4) is 0 Å². The Morgan fingerprint density at radius 2 is 1.94 bits per heavy atom. The number of hydrogen-bond acceptors (Lipinski definition) is 3. The van der Waals surface area contributed by atoms with Gasteiger partial charge in [-0.15, -0.1) is 0 Å². The van der Waals surface area contributed by atoms with Crippen LogP contribution in [-0.4, -0.2) is 17.0 Å². The van der Waals surface area contributed by atoms with Crippen molar-refractivity contribution in [3.63, 3.8) is 0 Å². The van der Waals surface area contributed by atoms with Crippen LogP contribution in [0.1, 0.15) is 12.5 Å². The van der Waals surface area contributed by atoms with Gasteiger partial charge in [0, 0.05) is 24.0 Å². The fraction of sp³-hybridized carbons (Fsp3) is 0.200. The SMILES string of the molecule is CCc1cc2ccc3cccnc3c2nc1NC. The highest BCUT2D eigenvalue weighted by molar-refractivity contribution is 6.03.